The summed E-state index contributed by atoms with van der Waals surface area (Å²) in [6, 6.07) is 10.7. The summed E-state index contributed by atoms with van der Waals surface area (Å²) in [5.74, 6) is -0.425. The zero-order valence-electron chi connectivity index (χ0n) is 14.8. The molecule has 0 spiro atoms. The molecular weight excluding hydrogens is 393 g/mol. The molecule has 0 unspecified atom stereocenters. The van der Waals surface area contributed by atoms with E-state index in [0.717, 1.165) is 30.5 Å². The van der Waals surface area contributed by atoms with E-state index in [9.17, 15) is 26.4 Å². The van der Waals surface area contributed by atoms with E-state index in [1.165, 1.54) is 24.3 Å². The lowest BCUT2D eigenvalue weighted by molar-refractivity contribution is -0.137. The molecule has 0 aliphatic heterocycles. The molecule has 2 aromatic rings. The molecule has 0 aromatic heterocycles. The highest BCUT2D eigenvalue weighted by molar-refractivity contribution is 7.89. The maximum Gasteiger partial charge on any atom is 0.416 e. The molecule has 0 radical (unpaired) electrons. The zero-order chi connectivity index (χ0) is 20.4. The van der Waals surface area contributed by atoms with Crippen LogP contribution < -0.4 is 10.0 Å². The fraction of sp³-hybridized carbons (Fsp3) is 0.316. The van der Waals surface area contributed by atoms with E-state index in [4.69, 9.17) is 0 Å². The number of hydrogen-bond donors (Lipinski definition) is 2. The Kier molecular flexibility index (Phi) is 5.76. The number of hydrogen-bond acceptors (Lipinski definition) is 3. The van der Waals surface area contributed by atoms with Crippen molar-refractivity contribution in [3.05, 3.63) is 59.7 Å². The highest BCUT2D eigenvalue weighted by Gasteiger charge is 2.30. The van der Waals surface area contributed by atoms with Gasteiger partial charge >= 0.3 is 6.18 Å². The molecule has 3 rings (SSSR count). The second-order valence-electron chi connectivity index (χ2n) is 6.67. The number of nitrogens with one attached hydrogen (secondary N) is 2. The molecule has 28 heavy (non-hydrogen) atoms. The van der Waals surface area contributed by atoms with Crippen LogP contribution in [0, 0.1) is 0 Å². The molecule has 150 valence electrons. The maximum absolute atomic E-state index is 12.7. The highest BCUT2D eigenvalue weighted by Crippen LogP contribution is 2.30. The number of aryl methyl sites for hydroxylation is 1. The fourth-order valence-corrected chi connectivity index (χ4v) is 3.88. The van der Waals surface area contributed by atoms with Crippen LogP contribution in [0.4, 0.5) is 18.9 Å². The summed E-state index contributed by atoms with van der Waals surface area (Å²) in [5, 5.41) is 2.44. The van der Waals surface area contributed by atoms with Gasteiger partial charge in [0, 0.05) is 18.2 Å². The van der Waals surface area contributed by atoms with Crippen LogP contribution in [-0.2, 0) is 27.4 Å². The van der Waals surface area contributed by atoms with Crippen molar-refractivity contribution in [2.75, 3.05) is 5.32 Å². The van der Waals surface area contributed by atoms with Gasteiger partial charge < -0.3 is 5.32 Å². The standard InChI is InChI=1S/C19H19F3N2O3S/c20-19(21,22)14-2-1-3-16(12-14)23-18(25)11-6-13-4-9-17(10-5-13)28(26,27)24-15-7-8-15/h1-5,9-10,12,15,24H,6-8,11H2,(H,23,25). The quantitative estimate of drug-likeness (QED) is 0.728. The molecule has 5 nitrogen and oxygen atoms in total. The van der Waals surface area contributed by atoms with Gasteiger partial charge in [-0.1, -0.05) is 18.2 Å². The third-order valence-electron chi connectivity index (χ3n) is 4.25. The molecule has 1 amide bonds. The molecule has 2 N–H and O–H groups in total. The summed E-state index contributed by atoms with van der Waals surface area (Å²) >= 11 is 0. The van der Waals surface area contributed by atoms with Crippen molar-refractivity contribution < 1.29 is 26.4 Å². The topological polar surface area (TPSA) is 75.3 Å². The van der Waals surface area contributed by atoms with Crippen molar-refractivity contribution in [2.24, 2.45) is 0 Å². The largest absolute Gasteiger partial charge is 0.416 e. The van der Waals surface area contributed by atoms with Crippen molar-refractivity contribution in [3.8, 4) is 0 Å². The number of benzene rings is 2. The zero-order valence-corrected chi connectivity index (χ0v) is 15.6. The Morgan fingerprint density at radius 3 is 2.36 bits per heavy atom. The van der Waals surface area contributed by atoms with Gasteiger partial charge in [-0.05, 0) is 55.2 Å². The van der Waals surface area contributed by atoms with Crippen LogP contribution in [0.3, 0.4) is 0 Å². The Morgan fingerprint density at radius 1 is 1.07 bits per heavy atom. The van der Waals surface area contributed by atoms with Gasteiger partial charge in [-0.2, -0.15) is 13.2 Å². The first-order valence-corrected chi connectivity index (χ1v) is 10.2. The summed E-state index contributed by atoms with van der Waals surface area (Å²) in [5.41, 5.74) is -0.00103. The average molecular weight is 412 g/mol. The second kappa shape index (κ2) is 7.92. The third-order valence-corrected chi connectivity index (χ3v) is 5.78. The number of rotatable bonds is 7. The molecule has 1 aliphatic carbocycles. The molecule has 1 saturated carbocycles. The lowest BCUT2D eigenvalue weighted by Gasteiger charge is -2.10. The number of sulfonamides is 1. The normalized spacial score (nSPS) is 14.7. The minimum Gasteiger partial charge on any atom is -0.326 e. The number of amides is 1. The minimum absolute atomic E-state index is 0.0178. The number of anilines is 1. The van der Waals surface area contributed by atoms with Gasteiger partial charge in [-0.3, -0.25) is 4.79 Å². The van der Waals surface area contributed by atoms with Gasteiger partial charge in [0.2, 0.25) is 15.9 Å². The first kappa shape index (κ1) is 20.3. The van der Waals surface area contributed by atoms with E-state index >= 15 is 0 Å². The van der Waals surface area contributed by atoms with E-state index < -0.39 is 27.7 Å². The Balaban J connectivity index is 1.54. The van der Waals surface area contributed by atoms with Gasteiger partial charge in [-0.25, -0.2) is 13.1 Å². The molecule has 2 aromatic carbocycles. The van der Waals surface area contributed by atoms with Gasteiger partial charge in [-0.15, -0.1) is 0 Å². The summed E-state index contributed by atoms with van der Waals surface area (Å²) in [7, 11) is -3.52. The van der Waals surface area contributed by atoms with E-state index in [1.807, 2.05) is 0 Å². The van der Waals surface area contributed by atoms with E-state index in [1.54, 1.807) is 12.1 Å². The van der Waals surface area contributed by atoms with Gasteiger partial charge in [0.25, 0.3) is 0 Å². The van der Waals surface area contributed by atoms with Crippen molar-refractivity contribution >= 4 is 21.6 Å². The number of carbonyl (C=O) groups excluding carboxylic acids is 1. The summed E-state index contributed by atoms with van der Waals surface area (Å²) in [6.07, 6.45) is -2.39. The van der Waals surface area contributed by atoms with Crippen LogP contribution in [0.1, 0.15) is 30.4 Å². The predicted octanol–water partition coefficient (Wildman–Crippen LogP) is 3.72. The number of halogens is 3. The molecule has 1 fully saturated rings. The average Bonchev–Trinajstić information content (AvgIpc) is 3.43. The van der Waals surface area contributed by atoms with Crippen LogP contribution in [0.2, 0.25) is 0 Å². The van der Waals surface area contributed by atoms with Crippen molar-refractivity contribution in [1.29, 1.82) is 0 Å². The van der Waals surface area contributed by atoms with Gasteiger partial charge in [0.15, 0.2) is 0 Å². The lowest BCUT2D eigenvalue weighted by Crippen LogP contribution is -2.25. The lowest BCUT2D eigenvalue weighted by atomic mass is 10.1. The summed E-state index contributed by atoms with van der Waals surface area (Å²) < 4.78 is 64.9. The molecule has 0 bridgehead atoms. The maximum atomic E-state index is 12.7. The van der Waals surface area contributed by atoms with Crippen molar-refractivity contribution in [2.45, 2.75) is 42.8 Å². The highest BCUT2D eigenvalue weighted by atomic mass is 32.2. The fourth-order valence-electron chi connectivity index (χ4n) is 2.58. The SMILES string of the molecule is O=C(CCc1ccc(S(=O)(=O)NC2CC2)cc1)Nc1cccc(C(F)(F)F)c1. The van der Waals surface area contributed by atoms with Crippen LogP contribution in [0.25, 0.3) is 0 Å². The van der Waals surface area contributed by atoms with Crippen LogP contribution in [0.15, 0.2) is 53.4 Å². The van der Waals surface area contributed by atoms with Gasteiger partial charge in [0.1, 0.15) is 0 Å². The third kappa shape index (κ3) is 5.56. The van der Waals surface area contributed by atoms with Crippen molar-refractivity contribution in [3.63, 3.8) is 0 Å². The van der Waals surface area contributed by atoms with Crippen LogP contribution >= 0.6 is 0 Å². The van der Waals surface area contributed by atoms with E-state index in [2.05, 4.69) is 10.0 Å². The Morgan fingerprint density at radius 2 is 1.75 bits per heavy atom. The summed E-state index contributed by atoms with van der Waals surface area (Å²) in [6.45, 7) is 0. The predicted molar refractivity (Wildman–Crippen MR) is 98.2 cm³/mol. The Bertz CT molecular complexity index is 953. The molecular formula is C19H19F3N2O3S. The number of alkyl halides is 3. The molecule has 9 heteroatoms. The molecule has 0 saturated heterocycles. The first-order chi connectivity index (χ1) is 13.1. The van der Waals surface area contributed by atoms with Crippen LogP contribution in [-0.4, -0.2) is 20.4 Å². The summed E-state index contributed by atoms with van der Waals surface area (Å²) in [4.78, 5) is 12.2. The molecule has 0 heterocycles. The monoisotopic (exact) mass is 412 g/mol. The van der Waals surface area contributed by atoms with Gasteiger partial charge in [0.05, 0.1) is 10.5 Å². The smallest absolute Gasteiger partial charge is 0.326 e. The molecule has 1 aliphatic rings. The number of carbonyl (C=O) groups is 1. The van der Waals surface area contributed by atoms with Crippen molar-refractivity contribution in [1.82, 2.24) is 4.72 Å². The Labute approximate surface area is 161 Å². The van der Waals surface area contributed by atoms with E-state index in [-0.39, 0.29) is 23.0 Å². The van der Waals surface area contributed by atoms with E-state index in [0.29, 0.717) is 6.42 Å². The van der Waals surface area contributed by atoms with Crippen LogP contribution in [0.5, 0.6) is 0 Å². The second-order valence-corrected chi connectivity index (χ2v) is 8.38. The minimum atomic E-state index is -4.48. The first-order valence-electron chi connectivity index (χ1n) is 8.72. The molecule has 0 atom stereocenters. The Hall–Kier alpha value is -2.39.